The maximum atomic E-state index is 12.9. The van der Waals surface area contributed by atoms with Gasteiger partial charge in [-0.2, -0.15) is 13.2 Å². The van der Waals surface area contributed by atoms with Gasteiger partial charge in [0.1, 0.15) is 0 Å². The third kappa shape index (κ3) is 2.24. The van der Waals surface area contributed by atoms with Gasteiger partial charge in [0, 0.05) is 17.0 Å². The number of aromatic carboxylic acids is 1. The van der Waals surface area contributed by atoms with E-state index in [0.717, 1.165) is 12.1 Å². The van der Waals surface area contributed by atoms with Crippen LogP contribution in [0.5, 0.6) is 0 Å². The van der Waals surface area contributed by atoms with Crippen LogP contribution in [0.2, 0.25) is 0 Å². The van der Waals surface area contributed by atoms with E-state index in [9.17, 15) is 18.0 Å². The number of nitrogens with zero attached hydrogens (tertiary/aromatic N) is 1. The number of carboxylic acid groups (broad SMARTS) is 1. The van der Waals surface area contributed by atoms with Gasteiger partial charge in [0.15, 0.2) is 11.5 Å². The number of aromatic nitrogens is 2. The van der Waals surface area contributed by atoms with E-state index in [0.29, 0.717) is 0 Å². The Morgan fingerprint density at radius 2 is 2.05 bits per heavy atom. The third-order valence-corrected chi connectivity index (χ3v) is 2.96. The minimum atomic E-state index is -4.48. The van der Waals surface area contributed by atoms with Gasteiger partial charge in [-0.25, -0.2) is 4.79 Å². The predicted molar refractivity (Wildman–Crippen MR) is 65.8 cm³/mol. The lowest BCUT2D eigenvalue weighted by molar-refractivity contribution is -0.136. The van der Waals surface area contributed by atoms with E-state index in [1.807, 2.05) is 0 Å². The molecular weight excluding hydrogens is 289 g/mol. The van der Waals surface area contributed by atoms with E-state index < -0.39 is 17.7 Å². The molecule has 0 atom stereocenters. The van der Waals surface area contributed by atoms with Crippen molar-refractivity contribution in [3.8, 4) is 11.5 Å². The standard InChI is InChI=1S/C13H7F3N2O3/c14-13(15,16)7-2-1-3-8-6(7)4-9(17-8)11-5-10(12(19)20)18-21-11/h1-5,17H,(H,19,20). The van der Waals surface area contributed by atoms with Crippen LogP contribution >= 0.6 is 0 Å². The highest BCUT2D eigenvalue weighted by molar-refractivity contribution is 5.90. The molecule has 0 aliphatic rings. The number of halogens is 3. The van der Waals surface area contributed by atoms with Gasteiger partial charge in [0.25, 0.3) is 0 Å². The summed E-state index contributed by atoms with van der Waals surface area (Å²) in [4.78, 5) is 13.5. The number of hydrogen-bond donors (Lipinski definition) is 2. The van der Waals surface area contributed by atoms with Crippen molar-refractivity contribution in [2.75, 3.05) is 0 Å². The van der Waals surface area contributed by atoms with Gasteiger partial charge in [-0.1, -0.05) is 11.2 Å². The van der Waals surface area contributed by atoms with E-state index in [1.165, 1.54) is 18.2 Å². The number of nitrogens with one attached hydrogen (secondary N) is 1. The van der Waals surface area contributed by atoms with Crippen LogP contribution in [0, 0.1) is 0 Å². The fourth-order valence-corrected chi connectivity index (χ4v) is 2.04. The molecule has 0 fully saturated rings. The summed E-state index contributed by atoms with van der Waals surface area (Å²) in [6, 6.07) is 6.14. The lowest BCUT2D eigenvalue weighted by Gasteiger charge is -2.06. The Labute approximate surface area is 115 Å². The Morgan fingerprint density at radius 1 is 1.29 bits per heavy atom. The number of H-pyrrole nitrogens is 1. The predicted octanol–water partition coefficient (Wildman–Crippen LogP) is 3.54. The van der Waals surface area contributed by atoms with E-state index in [1.54, 1.807) is 0 Å². The zero-order chi connectivity index (χ0) is 15.2. The zero-order valence-electron chi connectivity index (χ0n) is 10.2. The quantitative estimate of drug-likeness (QED) is 0.758. The molecule has 0 saturated heterocycles. The van der Waals surface area contributed by atoms with Crippen molar-refractivity contribution in [2.24, 2.45) is 0 Å². The molecule has 1 aromatic carbocycles. The molecule has 5 nitrogen and oxygen atoms in total. The number of rotatable bonds is 2. The van der Waals surface area contributed by atoms with E-state index in [4.69, 9.17) is 9.63 Å². The highest BCUT2D eigenvalue weighted by atomic mass is 19.4. The first-order valence-electron chi connectivity index (χ1n) is 5.75. The van der Waals surface area contributed by atoms with E-state index >= 15 is 0 Å². The van der Waals surface area contributed by atoms with Gasteiger partial charge in [-0.3, -0.25) is 0 Å². The molecule has 0 unspecified atom stereocenters. The highest BCUT2D eigenvalue weighted by Gasteiger charge is 2.33. The largest absolute Gasteiger partial charge is 0.476 e. The van der Waals surface area contributed by atoms with Crippen LogP contribution in [0.1, 0.15) is 16.1 Å². The maximum absolute atomic E-state index is 12.9. The number of carboxylic acids is 1. The van der Waals surface area contributed by atoms with Crippen LogP contribution in [-0.4, -0.2) is 21.2 Å². The summed E-state index contributed by atoms with van der Waals surface area (Å²) >= 11 is 0. The molecule has 0 bridgehead atoms. The van der Waals surface area contributed by atoms with Crippen molar-refractivity contribution >= 4 is 16.9 Å². The van der Waals surface area contributed by atoms with Crippen LogP contribution in [0.25, 0.3) is 22.4 Å². The van der Waals surface area contributed by atoms with Crippen LogP contribution in [0.4, 0.5) is 13.2 Å². The molecule has 108 valence electrons. The molecule has 3 aromatic rings. The Morgan fingerprint density at radius 3 is 2.67 bits per heavy atom. The monoisotopic (exact) mass is 296 g/mol. The van der Waals surface area contributed by atoms with Gasteiger partial charge < -0.3 is 14.6 Å². The third-order valence-electron chi connectivity index (χ3n) is 2.96. The molecule has 0 aliphatic carbocycles. The molecule has 3 rings (SSSR count). The fraction of sp³-hybridized carbons (Fsp3) is 0.0769. The minimum Gasteiger partial charge on any atom is -0.476 e. The zero-order valence-corrected chi connectivity index (χ0v) is 10.2. The van der Waals surface area contributed by atoms with Gasteiger partial charge in [0.05, 0.1) is 11.3 Å². The molecular formula is C13H7F3N2O3. The number of fused-ring (bicyclic) bond motifs is 1. The normalized spacial score (nSPS) is 12.0. The Bertz CT molecular complexity index is 833. The fourth-order valence-electron chi connectivity index (χ4n) is 2.04. The van der Waals surface area contributed by atoms with E-state index in [2.05, 4.69) is 10.1 Å². The van der Waals surface area contributed by atoms with E-state index in [-0.39, 0.29) is 28.1 Å². The molecule has 2 aromatic heterocycles. The summed E-state index contributed by atoms with van der Waals surface area (Å²) in [6.07, 6.45) is -4.48. The summed E-state index contributed by atoms with van der Waals surface area (Å²) in [5.74, 6) is -1.23. The summed E-state index contributed by atoms with van der Waals surface area (Å²) in [6.45, 7) is 0. The molecule has 0 amide bonds. The summed E-state index contributed by atoms with van der Waals surface area (Å²) < 4.78 is 43.6. The first kappa shape index (κ1) is 13.2. The molecule has 0 spiro atoms. The number of alkyl halides is 3. The Hall–Kier alpha value is -2.77. The van der Waals surface area contributed by atoms with Crippen molar-refractivity contribution in [3.63, 3.8) is 0 Å². The molecule has 2 heterocycles. The number of hydrogen-bond acceptors (Lipinski definition) is 3. The first-order valence-corrected chi connectivity index (χ1v) is 5.75. The van der Waals surface area contributed by atoms with Crippen molar-refractivity contribution in [3.05, 3.63) is 41.6 Å². The van der Waals surface area contributed by atoms with Gasteiger partial charge >= 0.3 is 12.1 Å². The van der Waals surface area contributed by atoms with Crippen LogP contribution in [-0.2, 0) is 6.18 Å². The number of aromatic amines is 1. The van der Waals surface area contributed by atoms with Gasteiger partial charge in [0.2, 0.25) is 0 Å². The molecule has 8 heteroatoms. The van der Waals surface area contributed by atoms with Crippen LogP contribution in [0.15, 0.2) is 34.9 Å². The van der Waals surface area contributed by atoms with Crippen molar-refractivity contribution < 1.29 is 27.6 Å². The topological polar surface area (TPSA) is 79.1 Å². The second kappa shape index (κ2) is 4.37. The first-order chi connectivity index (χ1) is 9.86. The molecule has 0 saturated carbocycles. The minimum absolute atomic E-state index is 0.0201. The Kier molecular flexibility index (Phi) is 2.75. The van der Waals surface area contributed by atoms with Gasteiger partial charge in [-0.15, -0.1) is 0 Å². The maximum Gasteiger partial charge on any atom is 0.417 e. The lowest BCUT2D eigenvalue weighted by Crippen LogP contribution is -2.04. The molecule has 0 radical (unpaired) electrons. The molecule has 2 N–H and O–H groups in total. The smallest absolute Gasteiger partial charge is 0.417 e. The Balaban J connectivity index is 2.15. The average molecular weight is 296 g/mol. The SMILES string of the molecule is O=C(O)c1cc(-c2cc3c(C(F)(F)F)cccc3[nH]2)on1. The summed E-state index contributed by atoms with van der Waals surface area (Å²) in [5, 5.41) is 12.1. The summed E-state index contributed by atoms with van der Waals surface area (Å²) in [7, 11) is 0. The number of carbonyl (C=O) groups is 1. The highest BCUT2D eigenvalue weighted by Crippen LogP contribution is 2.36. The van der Waals surface area contributed by atoms with Crippen molar-refractivity contribution in [2.45, 2.75) is 6.18 Å². The second-order valence-corrected chi connectivity index (χ2v) is 4.33. The summed E-state index contributed by atoms with van der Waals surface area (Å²) in [5.41, 5.74) is -0.602. The van der Waals surface area contributed by atoms with Crippen LogP contribution < -0.4 is 0 Å². The molecule has 21 heavy (non-hydrogen) atoms. The van der Waals surface area contributed by atoms with Gasteiger partial charge in [-0.05, 0) is 18.2 Å². The number of benzene rings is 1. The van der Waals surface area contributed by atoms with Crippen molar-refractivity contribution in [1.82, 2.24) is 10.1 Å². The van der Waals surface area contributed by atoms with Crippen molar-refractivity contribution in [1.29, 1.82) is 0 Å². The molecule has 0 aliphatic heterocycles. The average Bonchev–Trinajstić information content (AvgIpc) is 3.03. The second-order valence-electron chi connectivity index (χ2n) is 4.33. The lowest BCUT2D eigenvalue weighted by atomic mass is 10.1. The van der Waals surface area contributed by atoms with Crippen LogP contribution in [0.3, 0.4) is 0 Å².